The first kappa shape index (κ1) is 28.5. The van der Waals surface area contributed by atoms with Gasteiger partial charge in [-0.25, -0.2) is 4.79 Å². The van der Waals surface area contributed by atoms with Gasteiger partial charge in [-0.1, -0.05) is 45.4 Å². The van der Waals surface area contributed by atoms with Crippen molar-refractivity contribution in [3.05, 3.63) is 12.3 Å². The summed E-state index contributed by atoms with van der Waals surface area (Å²) in [6, 6.07) is 0. The maximum atomic E-state index is 11.7. The smallest absolute Gasteiger partial charge is 0.344 e. The quantitative estimate of drug-likeness (QED) is 0.114. The Balaban J connectivity index is 3.38. The number of rotatable bonds is 23. The highest BCUT2D eigenvalue weighted by Gasteiger charge is 2.02. The number of esters is 1. The zero-order valence-electron chi connectivity index (χ0n) is 18.5. The number of unbranched alkanes of at least 4 members (excludes halogenated alkanes) is 6. The van der Waals surface area contributed by atoms with E-state index in [1.807, 2.05) is 0 Å². The minimum absolute atomic E-state index is 0.000587. The van der Waals surface area contributed by atoms with E-state index in [0.29, 0.717) is 39.5 Å². The summed E-state index contributed by atoms with van der Waals surface area (Å²) in [7, 11) is 0. The molecule has 0 saturated heterocycles. The Labute approximate surface area is 180 Å². The van der Waals surface area contributed by atoms with E-state index in [4.69, 9.17) is 28.8 Å². The Bertz CT molecular complexity index is 425. The molecular weight excluding hydrogens is 392 g/mol. The number of allylic oxidation sites excluding steroid dienone is 1. The summed E-state index contributed by atoms with van der Waals surface area (Å²) in [4.78, 5) is 23.2. The summed E-state index contributed by atoms with van der Waals surface area (Å²) in [6.07, 6.45) is 11.3. The first-order valence-electron chi connectivity index (χ1n) is 11.0. The molecule has 0 amide bonds. The third-order valence-electron chi connectivity index (χ3n) is 4.05. The predicted octanol–water partition coefficient (Wildman–Crippen LogP) is 2.81. The molecule has 0 bridgehead atoms. The molecule has 0 fully saturated rings. The van der Waals surface area contributed by atoms with Gasteiger partial charge in [0.15, 0.2) is 12.4 Å². The highest BCUT2D eigenvalue weighted by molar-refractivity contribution is 5.89. The third-order valence-corrected chi connectivity index (χ3v) is 4.05. The Morgan fingerprint density at radius 1 is 0.767 bits per heavy atom. The van der Waals surface area contributed by atoms with Crippen LogP contribution in [0.5, 0.6) is 0 Å². The second-order valence-corrected chi connectivity index (χ2v) is 6.73. The van der Waals surface area contributed by atoms with Crippen LogP contribution in [-0.2, 0) is 33.3 Å². The molecule has 0 saturated carbocycles. The fourth-order valence-electron chi connectivity index (χ4n) is 2.44. The number of ketones is 1. The van der Waals surface area contributed by atoms with E-state index >= 15 is 0 Å². The van der Waals surface area contributed by atoms with Crippen LogP contribution in [-0.4, -0.2) is 76.3 Å². The molecule has 8 heteroatoms. The summed E-state index contributed by atoms with van der Waals surface area (Å²) in [5, 5.41) is 8.53. The fraction of sp³-hybridized carbons (Fsp3) is 0.818. The van der Waals surface area contributed by atoms with Crippen LogP contribution in [0, 0.1) is 0 Å². The summed E-state index contributed by atoms with van der Waals surface area (Å²) in [6.45, 7) is 4.32. The summed E-state index contributed by atoms with van der Waals surface area (Å²) in [5.74, 6) is -0.507. The van der Waals surface area contributed by atoms with Crippen LogP contribution in [0.3, 0.4) is 0 Å². The van der Waals surface area contributed by atoms with Crippen molar-refractivity contribution in [2.75, 3.05) is 59.5 Å². The summed E-state index contributed by atoms with van der Waals surface area (Å²) in [5.41, 5.74) is 0. The van der Waals surface area contributed by atoms with E-state index < -0.39 is 5.97 Å². The van der Waals surface area contributed by atoms with Gasteiger partial charge < -0.3 is 28.8 Å². The number of carbonyl (C=O) groups is 2. The minimum atomic E-state index is -0.514. The maximum absolute atomic E-state index is 11.7. The molecule has 0 spiro atoms. The van der Waals surface area contributed by atoms with Crippen molar-refractivity contribution in [3.8, 4) is 0 Å². The maximum Gasteiger partial charge on any atom is 0.344 e. The van der Waals surface area contributed by atoms with Crippen molar-refractivity contribution in [1.82, 2.24) is 0 Å². The first-order valence-corrected chi connectivity index (χ1v) is 11.0. The number of aliphatic hydroxyl groups excluding tert-OH is 1. The van der Waals surface area contributed by atoms with Gasteiger partial charge in [-0.05, 0) is 6.42 Å². The van der Waals surface area contributed by atoms with Gasteiger partial charge in [0.1, 0.15) is 6.61 Å². The lowest BCUT2D eigenvalue weighted by Crippen LogP contribution is -2.16. The Morgan fingerprint density at radius 2 is 1.33 bits per heavy atom. The SMILES string of the molecule is CCCCCCCCCC(=O)/C=C\OCC(=O)OCCOCCOCCOCCO. The molecule has 0 aromatic heterocycles. The van der Waals surface area contributed by atoms with Gasteiger partial charge in [-0.3, -0.25) is 4.79 Å². The molecular formula is C22H40O8. The second-order valence-electron chi connectivity index (χ2n) is 6.73. The number of hydrogen-bond donors (Lipinski definition) is 1. The van der Waals surface area contributed by atoms with Gasteiger partial charge in [0, 0.05) is 12.5 Å². The highest BCUT2D eigenvalue weighted by Crippen LogP contribution is 2.08. The van der Waals surface area contributed by atoms with Crippen LogP contribution in [0.25, 0.3) is 0 Å². The molecule has 0 unspecified atom stereocenters. The van der Waals surface area contributed by atoms with E-state index in [9.17, 15) is 9.59 Å². The molecule has 176 valence electrons. The van der Waals surface area contributed by atoms with Crippen LogP contribution in [0.2, 0.25) is 0 Å². The molecule has 0 aromatic carbocycles. The standard InChI is InChI=1S/C22H40O8/c1-2-3-4-5-6-7-8-9-21(24)10-12-29-20-22(25)30-19-18-28-17-16-27-15-14-26-13-11-23/h10,12,23H,2-9,11,13-20H2,1H3/b12-10-. The average molecular weight is 433 g/mol. The lowest BCUT2D eigenvalue weighted by atomic mass is 10.1. The van der Waals surface area contributed by atoms with Crippen molar-refractivity contribution < 1.29 is 38.4 Å². The topological polar surface area (TPSA) is 101 Å². The molecule has 0 aliphatic carbocycles. The summed E-state index contributed by atoms with van der Waals surface area (Å²) >= 11 is 0. The van der Waals surface area contributed by atoms with E-state index in [2.05, 4.69) is 6.92 Å². The summed E-state index contributed by atoms with van der Waals surface area (Å²) < 4.78 is 25.5. The second kappa shape index (κ2) is 23.8. The Kier molecular flexibility index (Phi) is 22.6. The normalized spacial score (nSPS) is 11.1. The molecule has 30 heavy (non-hydrogen) atoms. The van der Waals surface area contributed by atoms with Gasteiger partial charge in [0.25, 0.3) is 0 Å². The first-order chi connectivity index (χ1) is 14.7. The van der Waals surface area contributed by atoms with Crippen LogP contribution in [0.1, 0.15) is 58.3 Å². The molecule has 0 atom stereocenters. The molecule has 0 heterocycles. The highest BCUT2D eigenvalue weighted by atomic mass is 16.6. The van der Waals surface area contributed by atoms with E-state index in [1.54, 1.807) is 0 Å². The van der Waals surface area contributed by atoms with Gasteiger partial charge in [-0.2, -0.15) is 0 Å². The molecule has 1 N–H and O–H groups in total. The number of aliphatic hydroxyl groups is 1. The van der Waals surface area contributed by atoms with Crippen molar-refractivity contribution in [2.45, 2.75) is 58.3 Å². The van der Waals surface area contributed by atoms with Gasteiger partial charge in [0.2, 0.25) is 0 Å². The van der Waals surface area contributed by atoms with Gasteiger partial charge in [-0.15, -0.1) is 0 Å². The third kappa shape index (κ3) is 22.8. The van der Waals surface area contributed by atoms with E-state index in [0.717, 1.165) is 12.8 Å². The fourth-order valence-corrected chi connectivity index (χ4v) is 2.44. The Morgan fingerprint density at radius 3 is 1.97 bits per heavy atom. The number of hydrogen-bond acceptors (Lipinski definition) is 8. The van der Waals surface area contributed by atoms with Crippen molar-refractivity contribution in [1.29, 1.82) is 0 Å². The van der Waals surface area contributed by atoms with E-state index in [1.165, 1.54) is 44.4 Å². The van der Waals surface area contributed by atoms with E-state index in [-0.39, 0.29) is 32.2 Å². The lowest BCUT2D eigenvalue weighted by Gasteiger charge is -2.07. The number of ether oxygens (including phenoxy) is 5. The average Bonchev–Trinajstić information content (AvgIpc) is 2.74. The molecule has 0 radical (unpaired) electrons. The van der Waals surface area contributed by atoms with Crippen molar-refractivity contribution in [2.24, 2.45) is 0 Å². The van der Waals surface area contributed by atoms with Crippen LogP contribution in [0.4, 0.5) is 0 Å². The van der Waals surface area contributed by atoms with Crippen molar-refractivity contribution in [3.63, 3.8) is 0 Å². The van der Waals surface area contributed by atoms with Crippen molar-refractivity contribution >= 4 is 11.8 Å². The predicted molar refractivity (Wildman–Crippen MR) is 113 cm³/mol. The molecule has 0 rings (SSSR count). The monoisotopic (exact) mass is 432 g/mol. The van der Waals surface area contributed by atoms with Gasteiger partial charge in [0.05, 0.1) is 52.5 Å². The number of carbonyl (C=O) groups excluding carboxylic acids is 2. The zero-order chi connectivity index (χ0) is 22.1. The molecule has 0 aliphatic heterocycles. The zero-order valence-corrected chi connectivity index (χ0v) is 18.5. The van der Waals surface area contributed by atoms with Crippen LogP contribution >= 0.6 is 0 Å². The minimum Gasteiger partial charge on any atom is -0.489 e. The molecule has 0 aliphatic rings. The van der Waals surface area contributed by atoms with Gasteiger partial charge >= 0.3 is 5.97 Å². The lowest BCUT2D eigenvalue weighted by molar-refractivity contribution is -0.148. The molecule has 0 aromatic rings. The Hall–Kier alpha value is -1.48. The molecule has 8 nitrogen and oxygen atoms in total. The van der Waals surface area contributed by atoms with Crippen LogP contribution in [0.15, 0.2) is 12.3 Å². The van der Waals surface area contributed by atoms with Crippen LogP contribution < -0.4 is 0 Å². The largest absolute Gasteiger partial charge is 0.489 e.